The van der Waals surface area contributed by atoms with E-state index in [4.69, 9.17) is 4.74 Å². The van der Waals surface area contributed by atoms with Crippen LogP contribution in [0.15, 0.2) is 57.3 Å². The highest BCUT2D eigenvalue weighted by atomic mass is 32.2. The Labute approximate surface area is 265 Å². The predicted octanol–water partition coefficient (Wildman–Crippen LogP) is 5.01. The zero-order chi connectivity index (χ0) is 30.8. The summed E-state index contributed by atoms with van der Waals surface area (Å²) in [5.41, 5.74) is 1.43. The molecule has 44 heavy (non-hydrogen) atoms. The molecular weight excluding hydrogens is 598 g/mol. The third kappa shape index (κ3) is 6.44. The number of benzene rings is 2. The number of piperidine rings is 2. The Hall–Kier alpha value is -2.44. The number of hydrogen-bond acceptors (Lipinski definition) is 9. The molecule has 1 aromatic heterocycles. The molecular formula is C33H44FN5O3S2. The normalized spacial score (nSPS) is 20.4. The van der Waals surface area contributed by atoms with Gasteiger partial charge in [-0.15, -0.1) is 11.8 Å². The summed E-state index contributed by atoms with van der Waals surface area (Å²) in [5.74, 6) is -0.646. The van der Waals surface area contributed by atoms with E-state index in [2.05, 4.69) is 31.6 Å². The lowest BCUT2D eigenvalue weighted by Gasteiger charge is -2.46. The van der Waals surface area contributed by atoms with Crippen molar-refractivity contribution in [3.8, 4) is 5.75 Å². The smallest absolute Gasteiger partial charge is 0.210 e. The Morgan fingerprint density at radius 2 is 1.57 bits per heavy atom. The molecule has 0 unspecified atom stereocenters. The number of hydrogen-bond donors (Lipinski definition) is 0. The molecule has 3 saturated heterocycles. The number of pyridine rings is 1. The number of thioether (sulfide) groups is 1. The van der Waals surface area contributed by atoms with Crippen LogP contribution in [0.25, 0.3) is 10.9 Å². The maximum atomic E-state index is 14.8. The van der Waals surface area contributed by atoms with E-state index in [-0.39, 0.29) is 15.5 Å². The minimum absolute atomic E-state index is 0.0440. The summed E-state index contributed by atoms with van der Waals surface area (Å²) < 4.78 is 48.4. The number of nitrogens with zero attached hydrogens (tertiary/aromatic N) is 5. The van der Waals surface area contributed by atoms with Crippen LogP contribution < -0.4 is 9.64 Å². The van der Waals surface area contributed by atoms with Crippen LogP contribution in [0.1, 0.15) is 32.6 Å². The van der Waals surface area contributed by atoms with Gasteiger partial charge in [0.15, 0.2) is 11.6 Å². The van der Waals surface area contributed by atoms with Crippen LogP contribution in [0.5, 0.6) is 5.75 Å². The number of likely N-dealkylation sites (N-methyl/N-ethyl adjacent to an activating group) is 1. The molecule has 3 aliphatic rings. The van der Waals surface area contributed by atoms with Gasteiger partial charge in [0.1, 0.15) is 4.90 Å². The summed E-state index contributed by atoms with van der Waals surface area (Å²) >= 11 is 1.61. The van der Waals surface area contributed by atoms with Crippen molar-refractivity contribution < 1.29 is 17.5 Å². The topological polar surface area (TPSA) is 69.2 Å². The lowest BCUT2D eigenvalue weighted by molar-refractivity contribution is 0.0495. The van der Waals surface area contributed by atoms with Crippen molar-refractivity contribution in [2.24, 2.45) is 0 Å². The predicted molar refractivity (Wildman–Crippen MR) is 175 cm³/mol. The molecule has 0 amide bonds. The van der Waals surface area contributed by atoms with Gasteiger partial charge in [0.25, 0.3) is 0 Å². The van der Waals surface area contributed by atoms with Gasteiger partial charge in [0.2, 0.25) is 9.84 Å². The number of likely N-dealkylation sites (tertiary alicyclic amines) is 1. The summed E-state index contributed by atoms with van der Waals surface area (Å²) in [6.07, 6.45) is 7.85. The lowest BCUT2D eigenvalue weighted by Crippen LogP contribution is -2.54. The molecule has 0 spiro atoms. The number of aromatic nitrogens is 1. The Bertz CT molecular complexity index is 1570. The molecule has 3 fully saturated rings. The van der Waals surface area contributed by atoms with Crippen molar-refractivity contribution in [2.45, 2.75) is 59.4 Å². The first-order chi connectivity index (χ1) is 21.3. The molecule has 2 aromatic carbocycles. The van der Waals surface area contributed by atoms with Gasteiger partial charge in [0, 0.05) is 67.8 Å². The van der Waals surface area contributed by atoms with Crippen molar-refractivity contribution in [1.29, 1.82) is 0 Å². The molecule has 8 nitrogen and oxygen atoms in total. The molecule has 0 N–H and O–H groups in total. The van der Waals surface area contributed by atoms with Gasteiger partial charge in [-0.05, 0) is 95.4 Å². The van der Waals surface area contributed by atoms with E-state index in [1.807, 2.05) is 24.5 Å². The monoisotopic (exact) mass is 641 g/mol. The third-order valence-electron chi connectivity index (χ3n) is 9.67. The second kappa shape index (κ2) is 13.5. The largest absolute Gasteiger partial charge is 0.491 e. The summed E-state index contributed by atoms with van der Waals surface area (Å²) in [4.78, 5) is 15.6. The average molecular weight is 642 g/mol. The first-order valence-corrected chi connectivity index (χ1v) is 18.5. The van der Waals surface area contributed by atoms with Crippen LogP contribution in [0.2, 0.25) is 0 Å². The molecule has 11 heteroatoms. The summed E-state index contributed by atoms with van der Waals surface area (Å²) in [6, 6.07) is 11.1. The fourth-order valence-electron chi connectivity index (χ4n) is 7.10. The Morgan fingerprint density at radius 1 is 0.909 bits per heavy atom. The average Bonchev–Trinajstić information content (AvgIpc) is 3.05. The van der Waals surface area contributed by atoms with E-state index in [0.29, 0.717) is 24.4 Å². The molecule has 6 rings (SSSR count). The minimum atomic E-state index is -4.06. The number of ether oxygens (including phenoxy) is 1. The molecule has 0 radical (unpaired) electrons. The zero-order valence-corrected chi connectivity index (χ0v) is 27.7. The molecule has 0 atom stereocenters. The quantitative estimate of drug-likeness (QED) is 0.316. The molecule has 238 valence electrons. The number of rotatable bonds is 8. The van der Waals surface area contributed by atoms with E-state index in [1.54, 1.807) is 18.7 Å². The van der Waals surface area contributed by atoms with Crippen molar-refractivity contribution in [3.05, 3.63) is 48.4 Å². The second-order valence-corrected chi connectivity index (χ2v) is 15.0. The highest BCUT2D eigenvalue weighted by Gasteiger charge is 2.34. The number of halogens is 1. The molecule has 0 bridgehead atoms. The number of anilines is 1. The lowest BCUT2D eigenvalue weighted by atomic mass is 9.96. The van der Waals surface area contributed by atoms with E-state index in [0.717, 1.165) is 74.0 Å². The first kappa shape index (κ1) is 31.5. The van der Waals surface area contributed by atoms with Crippen LogP contribution in [-0.4, -0.2) is 112 Å². The van der Waals surface area contributed by atoms with Crippen molar-refractivity contribution in [1.82, 2.24) is 19.7 Å². The van der Waals surface area contributed by atoms with Crippen LogP contribution in [0, 0.1) is 5.82 Å². The van der Waals surface area contributed by atoms with Crippen LogP contribution in [0.3, 0.4) is 0 Å². The van der Waals surface area contributed by atoms with E-state index in [1.165, 1.54) is 44.3 Å². The van der Waals surface area contributed by atoms with Crippen LogP contribution >= 0.6 is 11.8 Å². The SMILES string of the molecule is CCOc1ccc(S(=O)(=O)c2cnc3ccc(SC)cc3c2N2CCC(N3CCC(N4CCN(C)CC4)CC3)CC2)cc1F. The van der Waals surface area contributed by atoms with Crippen LogP contribution in [-0.2, 0) is 9.84 Å². The van der Waals surface area contributed by atoms with Gasteiger partial charge in [-0.3, -0.25) is 9.88 Å². The molecule has 0 aliphatic carbocycles. The third-order valence-corrected chi connectivity index (χ3v) is 12.1. The highest BCUT2D eigenvalue weighted by Crippen LogP contribution is 2.39. The first-order valence-electron chi connectivity index (χ1n) is 15.8. The maximum Gasteiger partial charge on any atom is 0.210 e. The standard InChI is InChI=1S/C33H44FN5O3S2/c1-4-42-31-8-6-27(22-29(31)34)44(40,41)32-23-35-30-7-5-26(43-3)21-28(30)33(32)39-15-11-24(12-16-39)37-13-9-25(10-14-37)38-19-17-36(2)18-20-38/h5-8,21-25H,4,9-20H2,1-3H3. The molecule has 3 aromatic rings. The number of fused-ring (bicyclic) bond motifs is 1. The summed E-state index contributed by atoms with van der Waals surface area (Å²) in [7, 11) is -1.85. The van der Waals surface area contributed by atoms with Crippen molar-refractivity contribution >= 4 is 38.2 Å². The fraction of sp³-hybridized carbons (Fsp3) is 0.545. The van der Waals surface area contributed by atoms with Gasteiger partial charge in [-0.2, -0.15) is 0 Å². The van der Waals surface area contributed by atoms with Gasteiger partial charge in [-0.25, -0.2) is 12.8 Å². The second-order valence-electron chi connectivity index (χ2n) is 12.2. The van der Waals surface area contributed by atoms with Crippen LogP contribution in [0.4, 0.5) is 10.1 Å². The fourth-order valence-corrected chi connectivity index (χ4v) is 8.98. The zero-order valence-electron chi connectivity index (χ0n) is 26.0. The molecule has 0 saturated carbocycles. The van der Waals surface area contributed by atoms with Gasteiger partial charge >= 0.3 is 0 Å². The van der Waals surface area contributed by atoms with E-state index < -0.39 is 15.7 Å². The molecule has 3 aliphatic heterocycles. The van der Waals surface area contributed by atoms with E-state index >= 15 is 0 Å². The van der Waals surface area contributed by atoms with Gasteiger partial charge < -0.3 is 19.4 Å². The van der Waals surface area contributed by atoms with Gasteiger partial charge in [0.05, 0.1) is 22.7 Å². The molecule has 4 heterocycles. The van der Waals surface area contributed by atoms with Gasteiger partial charge in [-0.1, -0.05) is 0 Å². The summed E-state index contributed by atoms with van der Waals surface area (Å²) in [6.45, 7) is 10.5. The minimum Gasteiger partial charge on any atom is -0.491 e. The Morgan fingerprint density at radius 3 is 2.20 bits per heavy atom. The number of sulfone groups is 1. The van der Waals surface area contributed by atoms with Crippen molar-refractivity contribution in [2.75, 3.05) is 77.2 Å². The summed E-state index contributed by atoms with van der Waals surface area (Å²) in [5, 5.41) is 0.816. The maximum absolute atomic E-state index is 14.8. The highest BCUT2D eigenvalue weighted by molar-refractivity contribution is 7.98. The Kier molecular flexibility index (Phi) is 9.68. The Balaban J connectivity index is 1.23. The van der Waals surface area contributed by atoms with Crippen molar-refractivity contribution in [3.63, 3.8) is 0 Å². The van der Waals surface area contributed by atoms with E-state index in [9.17, 15) is 12.8 Å². The number of piperazine rings is 1.